The number of rotatable bonds is 6. The lowest BCUT2D eigenvalue weighted by molar-refractivity contribution is -0.385. The summed E-state index contributed by atoms with van der Waals surface area (Å²) in [7, 11) is 0. The van der Waals surface area contributed by atoms with Crippen LogP contribution in [-0.4, -0.2) is 28.5 Å². The summed E-state index contributed by atoms with van der Waals surface area (Å²) in [6.07, 6.45) is 1.40. The van der Waals surface area contributed by atoms with Gasteiger partial charge in [-0.15, -0.1) is 11.8 Å². The summed E-state index contributed by atoms with van der Waals surface area (Å²) in [5, 5.41) is 20.8. The third-order valence-electron chi connectivity index (χ3n) is 2.74. The molecule has 0 amide bonds. The molecule has 0 heterocycles. The summed E-state index contributed by atoms with van der Waals surface area (Å²) in [6, 6.07) is 12.5. The van der Waals surface area contributed by atoms with Gasteiger partial charge in [-0.05, 0) is 18.2 Å². The lowest BCUT2D eigenvalue weighted by Crippen LogP contribution is -1.94. The standard InChI is InChI=1S/C15H13ClN2O3S/c16-12-8-11(15(19)14(9-12)18(20)21)10-17-6-7-22-13-4-2-1-3-5-13/h1-5,8-10,19H,6-7H2. The topological polar surface area (TPSA) is 75.7 Å². The van der Waals surface area contributed by atoms with Crippen molar-refractivity contribution in [2.24, 2.45) is 4.99 Å². The van der Waals surface area contributed by atoms with Crippen molar-refractivity contribution in [2.75, 3.05) is 12.3 Å². The van der Waals surface area contributed by atoms with E-state index in [-0.39, 0.29) is 10.6 Å². The third-order valence-corrected chi connectivity index (χ3v) is 3.95. The van der Waals surface area contributed by atoms with Gasteiger partial charge in [-0.3, -0.25) is 15.1 Å². The molecule has 0 unspecified atom stereocenters. The van der Waals surface area contributed by atoms with Crippen LogP contribution in [0, 0.1) is 10.1 Å². The average molecular weight is 337 g/mol. The van der Waals surface area contributed by atoms with E-state index in [9.17, 15) is 15.2 Å². The maximum Gasteiger partial charge on any atom is 0.312 e. The van der Waals surface area contributed by atoms with Crippen LogP contribution in [0.25, 0.3) is 0 Å². The van der Waals surface area contributed by atoms with Crippen LogP contribution in [0.1, 0.15) is 5.56 Å². The van der Waals surface area contributed by atoms with Crippen molar-refractivity contribution in [3.05, 3.63) is 63.2 Å². The monoisotopic (exact) mass is 336 g/mol. The molecular formula is C15H13ClN2O3S. The number of hydrogen-bond donors (Lipinski definition) is 1. The van der Waals surface area contributed by atoms with E-state index in [1.54, 1.807) is 11.8 Å². The highest BCUT2D eigenvalue weighted by Crippen LogP contribution is 2.32. The van der Waals surface area contributed by atoms with Crippen molar-refractivity contribution < 1.29 is 10.0 Å². The SMILES string of the molecule is O=[N+]([O-])c1cc(Cl)cc(C=NCCSc2ccccc2)c1O. The number of hydrogen-bond acceptors (Lipinski definition) is 5. The van der Waals surface area contributed by atoms with E-state index in [1.807, 2.05) is 30.3 Å². The molecule has 7 heteroatoms. The number of thioether (sulfide) groups is 1. The second-order valence-electron chi connectivity index (χ2n) is 4.32. The van der Waals surface area contributed by atoms with E-state index in [4.69, 9.17) is 11.6 Å². The van der Waals surface area contributed by atoms with E-state index in [0.717, 1.165) is 16.7 Å². The molecule has 0 spiro atoms. The molecule has 0 fully saturated rings. The smallest absolute Gasteiger partial charge is 0.312 e. The summed E-state index contributed by atoms with van der Waals surface area (Å²) in [5.41, 5.74) is -0.184. The molecule has 0 atom stereocenters. The Kier molecular flexibility index (Phi) is 5.80. The molecule has 114 valence electrons. The van der Waals surface area contributed by atoms with Gasteiger partial charge in [0.25, 0.3) is 0 Å². The first-order valence-corrected chi connectivity index (χ1v) is 7.79. The summed E-state index contributed by atoms with van der Waals surface area (Å²) < 4.78 is 0. The molecule has 2 aromatic rings. The van der Waals surface area contributed by atoms with Crippen molar-refractivity contribution in [2.45, 2.75) is 4.90 Å². The second kappa shape index (κ2) is 7.82. The minimum absolute atomic E-state index is 0.185. The Morgan fingerprint density at radius 3 is 2.73 bits per heavy atom. The van der Waals surface area contributed by atoms with Gasteiger partial charge in [0.15, 0.2) is 0 Å². The van der Waals surface area contributed by atoms with Gasteiger partial charge >= 0.3 is 5.69 Å². The normalized spacial score (nSPS) is 11.0. The number of phenolic OH excluding ortho intramolecular Hbond substituents is 1. The van der Waals surface area contributed by atoms with Gasteiger partial charge in [0.2, 0.25) is 5.75 Å². The summed E-state index contributed by atoms with van der Waals surface area (Å²) in [6.45, 7) is 0.527. The fourth-order valence-corrected chi connectivity index (χ4v) is 2.74. The van der Waals surface area contributed by atoms with Crippen molar-refractivity contribution >= 4 is 35.3 Å². The Hall–Kier alpha value is -2.05. The molecule has 5 nitrogen and oxygen atoms in total. The number of aromatic hydroxyl groups is 1. The molecule has 0 aromatic heterocycles. The molecule has 0 saturated carbocycles. The van der Waals surface area contributed by atoms with Gasteiger partial charge < -0.3 is 5.11 Å². The van der Waals surface area contributed by atoms with E-state index in [2.05, 4.69) is 4.99 Å². The molecule has 0 bridgehead atoms. The van der Waals surface area contributed by atoms with Crippen LogP contribution in [0.2, 0.25) is 5.02 Å². The predicted octanol–water partition coefficient (Wildman–Crippen LogP) is 4.17. The van der Waals surface area contributed by atoms with Crippen molar-refractivity contribution in [1.29, 1.82) is 0 Å². The lowest BCUT2D eigenvalue weighted by atomic mass is 10.2. The van der Waals surface area contributed by atoms with Gasteiger partial charge in [0.05, 0.1) is 4.92 Å². The maximum atomic E-state index is 10.8. The highest BCUT2D eigenvalue weighted by Gasteiger charge is 2.17. The zero-order valence-corrected chi connectivity index (χ0v) is 13.0. The Morgan fingerprint density at radius 2 is 2.05 bits per heavy atom. The fourth-order valence-electron chi connectivity index (χ4n) is 1.74. The maximum absolute atomic E-state index is 10.8. The molecule has 2 aromatic carbocycles. The number of halogens is 1. The number of aliphatic imine (C=N–C) groups is 1. The number of nitro groups is 1. The molecular weight excluding hydrogens is 324 g/mol. The van der Waals surface area contributed by atoms with Crippen LogP contribution < -0.4 is 0 Å². The largest absolute Gasteiger partial charge is 0.502 e. The predicted molar refractivity (Wildman–Crippen MR) is 89.4 cm³/mol. The van der Waals surface area contributed by atoms with Crippen molar-refractivity contribution in [1.82, 2.24) is 0 Å². The lowest BCUT2D eigenvalue weighted by Gasteiger charge is -2.02. The summed E-state index contributed by atoms with van der Waals surface area (Å²) in [5.74, 6) is 0.345. The second-order valence-corrected chi connectivity index (χ2v) is 5.92. The molecule has 0 saturated heterocycles. The minimum atomic E-state index is -0.677. The van der Waals surface area contributed by atoms with Crippen LogP contribution in [0.5, 0.6) is 5.75 Å². The Morgan fingerprint density at radius 1 is 1.32 bits per heavy atom. The summed E-state index contributed by atoms with van der Waals surface area (Å²) in [4.78, 5) is 15.4. The van der Waals surface area contributed by atoms with Gasteiger partial charge in [-0.25, -0.2) is 0 Å². The molecule has 2 rings (SSSR count). The summed E-state index contributed by atoms with van der Waals surface area (Å²) >= 11 is 7.47. The van der Waals surface area contributed by atoms with Crippen LogP contribution in [0.15, 0.2) is 52.4 Å². The molecule has 0 aliphatic carbocycles. The van der Waals surface area contributed by atoms with Gasteiger partial charge in [-0.1, -0.05) is 29.8 Å². The molecule has 1 N–H and O–H groups in total. The highest BCUT2D eigenvalue weighted by molar-refractivity contribution is 7.99. The Bertz CT molecular complexity index is 693. The molecule has 22 heavy (non-hydrogen) atoms. The van der Waals surface area contributed by atoms with E-state index >= 15 is 0 Å². The minimum Gasteiger partial charge on any atom is -0.502 e. The van der Waals surface area contributed by atoms with Gasteiger partial charge in [-0.2, -0.15) is 0 Å². The zero-order chi connectivity index (χ0) is 15.9. The van der Waals surface area contributed by atoms with Crippen molar-refractivity contribution in [3.63, 3.8) is 0 Å². The number of nitrogens with zero attached hydrogens (tertiary/aromatic N) is 2. The first-order valence-electron chi connectivity index (χ1n) is 6.42. The van der Waals surface area contributed by atoms with E-state index < -0.39 is 16.4 Å². The highest BCUT2D eigenvalue weighted by atomic mass is 35.5. The molecule has 0 radical (unpaired) electrons. The fraction of sp³-hybridized carbons (Fsp3) is 0.133. The third kappa shape index (κ3) is 4.47. The van der Waals surface area contributed by atoms with Crippen molar-refractivity contribution in [3.8, 4) is 5.75 Å². The average Bonchev–Trinajstić information content (AvgIpc) is 2.50. The first-order chi connectivity index (χ1) is 10.6. The zero-order valence-electron chi connectivity index (χ0n) is 11.5. The number of benzene rings is 2. The van der Waals surface area contributed by atoms with Crippen LogP contribution in [-0.2, 0) is 0 Å². The van der Waals surface area contributed by atoms with E-state index in [1.165, 1.54) is 12.3 Å². The molecule has 0 aliphatic heterocycles. The van der Waals surface area contributed by atoms with Crippen LogP contribution in [0.3, 0.4) is 0 Å². The Labute approximate surface area is 136 Å². The van der Waals surface area contributed by atoms with Crippen LogP contribution in [0.4, 0.5) is 5.69 Å². The molecule has 0 aliphatic rings. The number of phenols is 1. The van der Waals surface area contributed by atoms with Gasteiger partial charge in [0.1, 0.15) is 0 Å². The quantitative estimate of drug-likeness (QED) is 0.282. The van der Waals surface area contributed by atoms with Crippen LogP contribution >= 0.6 is 23.4 Å². The Balaban J connectivity index is 1.97. The van der Waals surface area contributed by atoms with E-state index in [0.29, 0.717) is 6.54 Å². The van der Waals surface area contributed by atoms with Gasteiger partial charge in [0, 0.05) is 40.1 Å². The first kappa shape index (κ1) is 16.3. The number of nitro benzene ring substituents is 1.